The summed E-state index contributed by atoms with van der Waals surface area (Å²) in [5.74, 6) is 2.00. The lowest BCUT2D eigenvalue weighted by Crippen LogP contribution is -2.34. The first-order valence-corrected chi connectivity index (χ1v) is 10.4. The number of fused-ring (bicyclic) bond motifs is 1. The van der Waals surface area contributed by atoms with Gasteiger partial charge < -0.3 is 13.9 Å². The van der Waals surface area contributed by atoms with Crippen molar-refractivity contribution < 1.29 is 9.21 Å². The average molecular weight is 397 g/mol. The number of hydrogen-bond donors (Lipinski definition) is 0. The summed E-state index contributed by atoms with van der Waals surface area (Å²) < 4.78 is 7.27. The molecule has 1 atom stereocenters. The molecule has 4 rings (SSSR count). The van der Waals surface area contributed by atoms with Crippen LogP contribution in [0.25, 0.3) is 11.4 Å². The fraction of sp³-hybridized carbons (Fsp3) is 0.381. The quantitative estimate of drug-likeness (QED) is 0.610. The fourth-order valence-electron chi connectivity index (χ4n) is 3.82. The van der Waals surface area contributed by atoms with Crippen LogP contribution in [0.4, 0.5) is 0 Å². The molecule has 0 saturated heterocycles. The van der Waals surface area contributed by atoms with E-state index in [2.05, 4.69) is 34.5 Å². The van der Waals surface area contributed by atoms with Crippen LogP contribution in [0.15, 0.2) is 46.2 Å². The minimum Gasteiger partial charge on any atom is -0.469 e. The molecule has 1 aliphatic rings. The summed E-state index contributed by atoms with van der Waals surface area (Å²) >= 11 is 1.42. The number of furan rings is 1. The molecule has 6 nitrogen and oxygen atoms in total. The number of thioether (sulfide) groups is 1. The van der Waals surface area contributed by atoms with Crippen LogP contribution >= 0.6 is 11.8 Å². The first-order chi connectivity index (χ1) is 13.6. The summed E-state index contributed by atoms with van der Waals surface area (Å²) in [7, 11) is 3.82. The Morgan fingerprint density at radius 1 is 1.32 bits per heavy atom. The highest BCUT2D eigenvalue weighted by Crippen LogP contribution is 2.34. The monoisotopic (exact) mass is 396 g/mol. The summed E-state index contributed by atoms with van der Waals surface area (Å²) in [5.41, 5.74) is 3.56. The molecule has 1 aromatic carbocycles. The number of nitrogens with zero attached hydrogens (tertiary/aromatic N) is 4. The molecule has 0 saturated carbocycles. The van der Waals surface area contributed by atoms with Crippen LogP contribution in [0.3, 0.4) is 0 Å². The van der Waals surface area contributed by atoms with Gasteiger partial charge in [-0.05, 0) is 43.4 Å². The summed E-state index contributed by atoms with van der Waals surface area (Å²) in [5, 5.41) is 9.25. The zero-order chi connectivity index (χ0) is 19.7. The van der Waals surface area contributed by atoms with E-state index < -0.39 is 0 Å². The van der Waals surface area contributed by atoms with Crippen LogP contribution in [0.2, 0.25) is 0 Å². The van der Waals surface area contributed by atoms with Gasteiger partial charge in [-0.2, -0.15) is 0 Å². The minimum absolute atomic E-state index is 0.107. The molecule has 1 amide bonds. The van der Waals surface area contributed by atoms with Crippen LogP contribution in [0, 0.1) is 6.92 Å². The number of amides is 1. The maximum absolute atomic E-state index is 12.9. The second-order valence-corrected chi connectivity index (χ2v) is 8.10. The van der Waals surface area contributed by atoms with Crippen molar-refractivity contribution >= 4 is 17.7 Å². The predicted molar refractivity (Wildman–Crippen MR) is 109 cm³/mol. The Morgan fingerprint density at radius 3 is 2.93 bits per heavy atom. The smallest absolute Gasteiger partial charge is 0.233 e. The highest BCUT2D eigenvalue weighted by atomic mass is 32.2. The van der Waals surface area contributed by atoms with Gasteiger partial charge in [0.15, 0.2) is 11.0 Å². The number of aromatic nitrogens is 3. The number of rotatable bonds is 5. The van der Waals surface area contributed by atoms with E-state index in [9.17, 15) is 4.79 Å². The third-order valence-electron chi connectivity index (χ3n) is 5.46. The first kappa shape index (κ1) is 18.8. The van der Waals surface area contributed by atoms with Crippen molar-refractivity contribution in [2.45, 2.75) is 37.4 Å². The molecule has 0 radical (unpaired) electrons. The van der Waals surface area contributed by atoms with E-state index >= 15 is 0 Å². The SMILES string of the molecule is Cc1occc1-c1nnc(SCC(=O)N(C)[C@H]2CCCc3ccccc32)n1C. The van der Waals surface area contributed by atoms with Crippen LogP contribution in [-0.4, -0.2) is 38.4 Å². The molecular formula is C21H24N4O2S. The minimum atomic E-state index is 0.107. The lowest BCUT2D eigenvalue weighted by Gasteiger charge is -2.33. The maximum atomic E-state index is 12.9. The molecule has 2 heterocycles. The number of benzene rings is 1. The molecule has 3 aromatic rings. The van der Waals surface area contributed by atoms with Crippen LogP contribution in [-0.2, 0) is 18.3 Å². The zero-order valence-corrected chi connectivity index (χ0v) is 17.2. The number of carbonyl (C=O) groups excluding carboxylic acids is 1. The van der Waals surface area contributed by atoms with Crippen LogP contribution in [0.1, 0.15) is 35.8 Å². The molecule has 0 aliphatic heterocycles. The van der Waals surface area contributed by atoms with Gasteiger partial charge in [0.05, 0.1) is 23.6 Å². The normalized spacial score (nSPS) is 16.0. The second kappa shape index (κ2) is 7.83. The molecule has 0 bridgehead atoms. The molecule has 2 aromatic heterocycles. The van der Waals surface area contributed by atoms with Crippen molar-refractivity contribution in [1.29, 1.82) is 0 Å². The molecule has 0 spiro atoms. The van der Waals surface area contributed by atoms with Gasteiger partial charge >= 0.3 is 0 Å². The Bertz CT molecular complexity index is 994. The van der Waals surface area contributed by atoms with Crippen molar-refractivity contribution in [2.75, 3.05) is 12.8 Å². The van der Waals surface area contributed by atoms with Gasteiger partial charge in [-0.15, -0.1) is 10.2 Å². The Morgan fingerprint density at radius 2 is 2.14 bits per heavy atom. The van der Waals surface area contributed by atoms with Gasteiger partial charge in [0.25, 0.3) is 0 Å². The molecule has 0 N–H and O–H groups in total. The van der Waals surface area contributed by atoms with Crippen molar-refractivity contribution in [1.82, 2.24) is 19.7 Å². The summed E-state index contributed by atoms with van der Waals surface area (Å²) in [6.07, 6.45) is 4.87. The molecule has 0 fully saturated rings. The van der Waals surface area contributed by atoms with Gasteiger partial charge in [0, 0.05) is 14.1 Å². The lowest BCUT2D eigenvalue weighted by atomic mass is 9.87. The average Bonchev–Trinajstić information content (AvgIpc) is 3.30. The molecular weight excluding hydrogens is 372 g/mol. The van der Waals surface area contributed by atoms with Gasteiger partial charge in [-0.3, -0.25) is 4.79 Å². The van der Waals surface area contributed by atoms with E-state index in [1.54, 1.807) is 6.26 Å². The zero-order valence-electron chi connectivity index (χ0n) is 16.4. The Kier molecular flexibility index (Phi) is 5.26. The van der Waals surface area contributed by atoms with Crippen LogP contribution in [0.5, 0.6) is 0 Å². The lowest BCUT2D eigenvalue weighted by molar-refractivity contribution is -0.129. The highest BCUT2D eigenvalue weighted by molar-refractivity contribution is 7.99. The third kappa shape index (κ3) is 3.46. The summed E-state index contributed by atoms with van der Waals surface area (Å²) in [4.78, 5) is 14.8. The topological polar surface area (TPSA) is 64.2 Å². The van der Waals surface area contributed by atoms with Gasteiger partial charge in [-0.1, -0.05) is 36.0 Å². The van der Waals surface area contributed by atoms with Gasteiger partial charge in [-0.25, -0.2) is 0 Å². The van der Waals surface area contributed by atoms with Crippen molar-refractivity contribution in [3.63, 3.8) is 0 Å². The maximum Gasteiger partial charge on any atom is 0.233 e. The van der Waals surface area contributed by atoms with Crippen molar-refractivity contribution in [2.24, 2.45) is 7.05 Å². The highest BCUT2D eigenvalue weighted by Gasteiger charge is 2.26. The van der Waals surface area contributed by atoms with Gasteiger partial charge in [0.2, 0.25) is 5.91 Å². The van der Waals surface area contributed by atoms with Crippen molar-refractivity contribution in [3.05, 3.63) is 53.5 Å². The molecule has 0 unspecified atom stereocenters. The van der Waals surface area contributed by atoms with E-state index in [4.69, 9.17) is 4.42 Å². The summed E-state index contributed by atoms with van der Waals surface area (Å²) in [6.45, 7) is 1.90. The summed E-state index contributed by atoms with van der Waals surface area (Å²) in [6, 6.07) is 10.5. The molecule has 28 heavy (non-hydrogen) atoms. The van der Waals surface area contributed by atoms with E-state index in [0.717, 1.165) is 41.6 Å². The number of hydrogen-bond acceptors (Lipinski definition) is 5. The standard InChI is InChI=1S/C21H24N4O2S/c1-14-16(11-12-27-14)20-22-23-21(25(20)3)28-13-19(26)24(2)18-10-6-8-15-7-4-5-9-17(15)18/h4-5,7,9,11-12,18H,6,8,10,13H2,1-3H3/t18-/m0/s1. The Hall–Kier alpha value is -2.54. The van der Waals surface area contributed by atoms with E-state index in [1.807, 2.05) is 36.6 Å². The molecule has 7 heteroatoms. The van der Waals surface area contributed by atoms with E-state index in [-0.39, 0.29) is 11.9 Å². The van der Waals surface area contributed by atoms with Crippen molar-refractivity contribution in [3.8, 4) is 11.4 Å². The van der Waals surface area contributed by atoms with E-state index in [1.165, 1.54) is 22.9 Å². The Labute approximate surface area is 168 Å². The first-order valence-electron chi connectivity index (χ1n) is 9.46. The third-order valence-corrected chi connectivity index (χ3v) is 6.46. The second-order valence-electron chi connectivity index (χ2n) is 7.16. The fourth-order valence-corrected chi connectivity index (χ4v) is 4.66. The molecule has 1 aliphatic carbocycles. The largest absolute Gasteiger partial charge is 0.469 e. The van der Waals surface area contributed by atoms with E-state index in [0.29, 0.717) is 5.75 Å². The number of carbonyl (C=O) groups is 1. The molecule has 146 valence electrons. The Balaban J connectivity index is 1.44. The number of aryl methyl sites for hydroxylation is 2. The predicted octanol–water partition coefficient (Wildman–Crippen LogP) is 4.01. The van der Waals surface area contributed by atoms with Gasteiger partial charge in [0.1, 0.15) is 5.76 Å². The van der Waals surface area contributed by atoms with Crippen LogP contribution < -0.4 is 0 Å².